The summed E-state index contributed by atoms with van der Waals surface area (Å²) in [5.74, 6) is 2.85. The van der Waals surface area contributed by atoms with E-state index >= 15 is 0 Å². The first-order valence-corrected chi connectivity index (χ1v) is 4.55. The SMILES string of the molecule is C#CC1CN(C)CCN1C(C)C. The molecule has 1 aliphatic heterocycles. The molecule has 0 spiro atoms. The van der Waals surface area contributed by atoms with Gasteiger partial charge in [-0.1, -0.05) is 5.92 Å². The second kappa shape index (κ2) is 3.93. The topological polar surface area (TPSA) is 6.48 Å². The number of piperazine rings is 1. The van der Waals surface area contributed by atoms with Crippen LogP contribution in [0.3, 0.4) is 0 Å². The molecule has 1 heterocycles. The van der Waals surface area contributed by atoms with E-state index in [2.05, 4.69) is 36.6 Å². The van der Waals surface area contributed by atoms with Gasteiger partial charge < -0.3 is 4.90 Å². The summed E-state index contributed by atoms with van der Waals surface area (Å²) in [6, 6.07) is 0.878. The molecule has 1 fully saturated rings. The first kappa shape index (κ1) is 9.57. The molecule has 0 amide bonds. The molecule has 1 rings (SSSR count). The van der Waals surface area contributed by atoms with Crippen molar-refractivity contribution in [3.8, 4) is 12.3 Å². The lowest BCUT2D eigenvalue weighted by Crippen LogP contribution is -2.53. The van der Waals surface area contributed by atoms with E-state index in [9.17, 15) is 0 Å². The van der Waals surface area contributed by atoms with E-state index in [0.717, 1.165) is 19.6 Å². The van der Waals surface area contributed by atoms with Crippen LogP contribution in [0, 0.1) is 12.3 Å². The first-order valence-electron chi connectivity index (χ1n) is 4.55. The number of terminal acetylenes is 1. The fourth-order valence-electron chi connectivity index (χ4n) is 1.70. The summed E-state index contributed by atoms with van der Waals surface area (Å²) in [5, 5.41) is 0. The van der Waals surface area contributed by atoms with Gasteiger partial charge >= 0.3 is 0 Å². The van der Waals surface area contributed by atoms with Gasteiger partial charge in [-0.05, 0) is 20.9 Å². The van der Waals surface area contributed by atoms with Gasteiger partial charge in [0.15, 0.2) is 0 Å². The summed E-state index contributed by atoms with van der Waals surface area (Å²) < 4.78 is 0. The fourth-order valence-corrected chi connectivity index (χ4v) is 1.70. The van der Waals surface area contributed by atoms with Crippen molar-refractivity contribution < 1.29 is 0 Å². The lowest BCUT2D eigenvalue weighted by atomic mass is 10.1. The molecule has 2 heteroatoms. The highest BCUT2D eigenvalue weighted by molar-refractivity contribution is 5.04. The van der Waals surface area contributed by atoms with Crippen LogP contribution in [0.15, 0.2) is 0 Å². The van der Waals surface area contributed by atoms with Crippen LogP contribution in [0.1, 0.15) is 13.8 Å². The van der Waals surface area contributed by atoms with Gasteiger partial charge in [0.05, 0.1) is 6.04 Å². The first-order chi connectivity index (χ1) is 5.65. The van der Waals surface area contributed by atoms with Crippen molar-refractivity contribution in [1.29, 1.82) is 0 Å². The van der Waals surface area contributed by atoms with Crippen molar-refractivity contribution in [3.63, 3.8) is 0 Å². The minimum Gasteiger partial charge on any atom is -0.303 e. The average Bonchev–Trinajstić information content (AvgIpc) is 2.03. The Morgan fingerprint density at radius 2 is 2.08 bits per heavy atom. The monoisotopic (exact) mass is 166 g/mol. The predicted molar refractivity (Wildman–Crippen MR) is 52.0 cm³/mol. The molecule has 1 saturated heterocycles. The highest BCUT2D eigenvalue weighted by atomic mass is 15.3. The normalized spacial score (nSPS) is 27.4. The molecule has 0 N–H and O–H groups in total. The Hall–Kier alpha value is -0.520. The number of likely N-dealkylation sites (N-methyl/N-ethyl adjacent to an activating group) is 1. The highest BCUT2D eigenvalue weighted by Crippen LogP contribution is 2.10. The Morgan fingerprint density at radius 3 is 2.58 bits per heavy atom. The summed E-state index contributed by atoms with van der Waals surface area (Å²) in [7, 11) is 2.13. The second-order valence-corrected chi connectivity index (χ2v) is 3.78. The Kier molecular flexibility index (Phi) is 3.13. The molecule has 0 aromatic carbocycles. The van der Waals surface area contributed by atoms with Crippen molar-refractivity contribution in [2.45, 2.75) is 25.9 Å². The van der Waals surface area contributed by atoms with Gasteiger partial charge in [0, 0.05) is 25.7 Å². The molecule has 1 unspecified atom stereocenters. The molecule has 1 atom stereocenters. The van der Waals surface area contributed by atoms with Gasteiger partial charge in [-0.15, -0.1) is 6.42 Å². The Balaban J connectivity index is 2.58. The molecule has 0 aliphatic carbocycles. The van der Waals surface area contributed by atoms with E-state index in [-0.39, 0.29) is 0 Å². The minimum absolute atomic E-state index is 0.309. The van der Waals surface area contributed by atoms with E-state index in [4.69, 9.17) is 6.42 Å². The zero-order valence-corrected chi connectivity index (χ0v) is 8.25. The number of hydrogen-bond donors (Lipinski definition) is 0. The molecular weight excluding hydrogens is 148 g/mol. The maximum Gasteiger partial charge on any atom is 0.0843 e. The van der Waals surface area contributed by atoms with E-state index < -0.39 is 0 Å². The summed E-state index contributed by atoms with van der Waals surface area (Å²) in [5.41, 5.74) is 0. The third-order valence-electron chi connectivity index (χ3n) is 2.48. The molecule has 0 aromatic rings. The van der Waals surface area contributed by atoms with Crippen molar-refractivity contribution in [3.05, 3.63) is 0 Å². The van der Waals surface area contributed by atoms with Gasteiger partial charge in [-0.2, -0.15) is 0 Å². The summed E-state index contributed by atoms with van der Waals surface area (Å²) >= 11 is 0. The van der Waals surface area contributed by atoms with Crippen LogP contribution in [-0.2, 0) is 0 Å². The van der Waals surface area contributed by atoms with E-state index in [1.54, 1.807) is 0 Å². The number of rotatable bonds is 1. The van der Waals surface area contributed by atoms with Gasteiger partial charge in [0.25, 0.3) is 0 Å². The summed E-state index contributed by atoms with van der Waals surface area (Å²) in [6.45, 7) is 7.65. The molecule has 12 heavy (non-hydrogen) atoms. The Morgan fingerprint density at radius 1 is 1.42 bits per heavy atom. The maximum absolute atomic E-state index is 5.48. The van der Waals surface area contributed by atoms with Gasteiger partial charge in [-0.25, -0.2) is 0 Å². The molecule has 68 valence electrons. The quantitative estimate of drug-likeness (QED) is 0.528. The van der Waals surface area contributed by atoms with Crippen LogP contribution in [-0.4, -0.2) is 48.6 Å². The van der Waals surface area contributed by atoms with Crippen LogP contribution in [0.4, 0.5) is 0 Å². The van der Waals surface area contributed by atoms with E-state index in [1.165, 1.54) is 0 Å². The van der Waals surface area contributed by atoms with Gasteiger partial charge in [0.1, 0.15) is 0 Å². The molecular formula is C10H18N2. The Labute approximate surface area is 75.5 Å². The summed E-state index contributed by atoms with van der Waals surface area (Å²) in [6.07, 6.45) is 5.48. The fraction of sp³-hybridized carbons (Fsp3) is 0.800. The van der Waals surface area contributed by atoms with E-state index in [0.29, 0.717) is 12.1 Å². The predicted octanol–water partition coefficient (Wildman–Crippen LogP) is 0.644. The second-order valence-electron chi connectivity index (χ2n) is 3.78. The lowest BCUT2D eigenvalue weighted by molar-refractivity contribution is 0.0931. The van der Waals surface area contributed by atoms with Crippen molar-refractivity contribution >= 4 is 0 Å². The van der Waals surface area contributed by atoms with E-state index in [1.807, 2.05) is 0 Å². The van der Waals surface area contributed by atoms with Crippen LogP contribution in [0.25, 0.3) is 0 Å². The van der Waals surface area contributed by atoms with Crippen LogP contribution >= 0.6 is 0 Å². The number of hydrogen-bond acceptors (Lipinski definition) is 2. The molecule has 1 aliphatic rings. The zero-order valence-electron chi connectivity index (χ0n) is 8.25. The average molecular weight is 166 g/mol. The van der Waals surface area contributed by atoms with Crippen molar-refractivity contribution in [1.82, 2.24) is 9.80 Å². The standard InChI is InChI=1S/C10H18N2/c1-5-10-8-11(4)6-7-12(10)9(2)3/h1,9-10H,6-8H2,2-4H3. The van der Waals surface area contributed by atoms with Crippen LogP contribution in [0.2, 0.25) is 0 Å². The van der Waals surface area contributed by atoms with Gasteiger partial charge in [-0.3, -0.25) is 4.90 Å². The van der Waals surface area contributed by atoms with Crippen molar-refractivity contribution in [2.75, 3.05) is 26.7 Å². The van der Waals surface area contributed by atoms with Crippen LogP contribution < -0.4 is 0 Å². The summed E-state index contributed by atoms with van der Waals surface area (Å²) in [4.78, 5) is 4.68. The van der Waals surface area contributed by atoms with Crippen LogP contribution in [0.5, 0.6) is 0 Å². The molecule has 0 saturated carbocycles. The zero-order chi connectivity index (χ0) is 9.14. The highest BCUT2D eigenvalue weighted by Gasteiger charge is 2.24. The number of nitrogens with zero attached hydrogens (tertiary/aromatic N) is 2. The maximum atomic E-state index is 5.48. The van der Waals surface area contributed by atoms with Gasteiger partial charge in [0.2, 0.25) is 0 Å². The smallest absolute Gasteiger partial charge is 0.0843 e. The minimum atomic E-state index is 0.309. The Bertz CT molecular complexity index is 181. The molecule has 0 radical (unpaired) electrons. The molecule has 2 nitrogen and oxygen atoms in total. The lowest BCUT2D eigenvalue weighted by Gasteiger charge is -2.39. The molecule has 0 bridgehead atoms. The third kappa shape index (κ3) is 2.00. The largest absolute Gasteiger partial charge is 0.303 e. The van der Waals surface area contributed by atoms with Crippen molar-refractivity contribution in [2.24, 2.45) is 0 Å². The molecule has 0 aromatic heterocycles. The third-order valence-corrected chi connectivity index (χ3v) is 2.48.